The average molecular weight is 308 g/mol. The van der Waals surface area contributed by atoms with Crippen LogP contribution in [-0.4, -0.2) is 36.6 Å². The third-order valence-corrected chi connectivity index (χ3v) is 3.76. The molecule has 5 nitrogen and oxygen atoms in total. The van der Waals surface area contributed by atoms with Crippen molar-refractivity contribution >= 4 is 17.5 Å². The Morgan fingerprint density at radius 3 is 2.95 bits per heavy atom. The smallest absolute Gasteiger partial charge is 0.227 e. The Labute approximate surface area is 129 Å². The molecule has 2 rings (SSSR count). The van der Waals surface area contributed by atoms with E-state index in [1.54, 1.807) is 11.0 Å². The van der Waals surface area contributed by atoms with Crippen molar-refractivity contribution in [2.24, 2.45) is 5.92 Å². The fraction of sp³-hybridized carbons (Fsp3) is 0.500. The van der Waals surface area contributed by atoms with Crippen LogP contribution in [0.1, 0.15) is 25.3 Å². The molecular formula is C16H21FN2O3. The molecule has 120 valence electrons. The second-order valence-electron chi connectivity index (χ2n) is 5.66. The van der Waals surface area contributed by atoms with Crippen molar-refractivity contribution in [3.8, 4) is 0 Å². The van der Waals surface area contributed by atoms with Crippen LogP contribution >= 0.6 is 0 Å². The fourth-order valence-electron chi connectivity index (χ4n) is 2.43. The number of benzene rings is 1. The van der Waals surface area contributed by atoms with Gasteiger partial charge in [0, 0.05) is 38.2 Å². The first-order valence-corrected chi connectivity index (χ1v) is 7.47. The second kappa shape index (κ2) is 7.35. The molecular weight excluding hydrogens is 287 g/mol. The summed E-state index contributed by atoms with van der Waals surface area (Å²) in [5.41, 5.74) is 1.49. The minimum Gasteiger partial charge on any atom is -0.396 e. The van der Waals surface area contributed by atoms with Crippen molar-refractivity contribution in [2.45, 2.75) is 26.2 Å². The van der Waals surface area contributed by atoms with Crippen LogP contribution in [-0.2, 0) is 16.0 Å². The van der Waals surface area contributed by atoms with E-state index in [-0.39, 0.29) is 43.1 Å². The van der Waals surface area contributed by atoms with Crippen LogP contribution in [0.3, 0.4) is 0 Å². The lowest BCUT2D eigenvalue weighted by atomic mass is 10.0. The summed E-state index contributed by atoms with van der Waals surface area (Å²) in [7, 11) is 0. The molecule has 1 unspecified atom stereocenters. The lowest BCUT2D eigenvalue weighted by Gasteiger charge is -2.29. The molecule has 1 aliphatic rings. The van der Waals surface area contributed by atoms with Crippen LogP contribution in [0.4, 0.5) is 10.1 Å². The molecule has 1 aromatic rings. The molecule has 1 atom stereocenters. The normalized spacial score (nSPS) is 15.4. The number of nitrogens with zero attached hydrogens (tertiary/aromatic N) is 1. The lowest BCUT2D eigenvalue weighted by Crippen LogP contribution is -2.39. The summed E-state index contributed by atoms with van der Waals surface area (Å²) in [6.07, 6.45) is 1.04. The molecule has 2 N–H and O–H groups in total. The van der Waals surface area contributed by atoms with Crippen molar-refractivity contribution in [1.82, 2.24) is 5.32 Å². The number of amides is 2. The van der Waals surface area contributed by atoms with E-state index < -0.39 is 0 Å². The molecule has 0 radical (unpaired) electrons. The Balaban J connectivity index is 1.95. The molecule has 0 aliphatic carbocycles. The largest absolute Gasteiger partial charge is 0.396 e. The quantitative estimate of drug-likeness (QED) is 0.831. The van der Waals surface area contributed by atoms with E-state index in [0.29, 0.717) is 25.1 Å². The molecule has 22 heavy (non-hydrogen) atoms. The van der Waals surface area contributed by atoms with Gasteiger partial charge in [0.15, 0.2) is 0 Å². The van der Waals surface area contributed by atoms with Gasteiger partial charge in [-0.2, -0.15) is 0 Å². The van der Waals surface area contributed by atoms with Crippen molar-refractivity contribution in [1.29, 1.82) is 0 Å². The van der Waals surface area contributed by atoms with Crippen LogP contribution in [0.15, 0.2) is 18.2 Å². The van der Waals surface area contributed by atoms with Crippen molar-refractivity contribution in [3.05, 3.63) is 29.6 Å². The number of hydrogen-bond acceptors (Lipinski definition) is 3. The van der Waals surface area contributed by atoms with Gasteiger partial charge in [0.25, 0.3) is 0 Å². The van der Waals surface area contributed by atoms with E-state index >= 15 is 0 Å². The highest BCUT2D eigenvalue weighted by atomic mass is 19.1. The fourth-order valence-corrected chi connectivity index (χ4v) is 2.43. The van der Waals surface area contributed by atoms with E-state index in [0.717, 1.165) is 5.56 Å². The molecule has 1 aliphatic heterocycles. The van der Waals surface area contributed by atoms with Gasteiger partial charge >= 0.3 is 0 Å². The van der Waals surface area contributed by atoms with Gasteiger partial charge in [-0.3, -0.25) is 9.59 Å². The summed E-state index contributed by atoms with van der Waals surface area (Å²) >= 11 is 0. The zero-order chi connectivity index (χ0) is 16.1. The number of aliphatic hydroxyl groups excluding tert-OH is 1. The van der Waals surface area contributed by atoms with Crippen LogP contribution in [0.2, 0.25) is 0 Å². The van der Waals surface area contributed by atoms with E-state index in [1.807, 2.05) is 6.92 Å². The third-order valence-electron chi connectivity index (χ3n) is 3.76. The summed E-state index contributed by atoms with van der Waals surface area (Å²) in [6, 6.07) is 4.36. The molecule has 1 heterocycles. The topological polar surface area (TPSA) is 69.6 Å². The van der Waals surface area contributed by atoms with Crippen molar-refractivity contribution in [2.75, 3.05) is 24.6 Å². The Kier molecular flexibility index (Phi) is 5.49. The molecule has 0 fully saturated rings. The number of halogens is 1. The van der Waals surface area contributed by atoms with Gasteiger partial charge in [0.05, 0.1) is 0 Å². The Morgan fingerprint density at radius 2 is 2.23 bits per heavy atom. The van der Waals surface area contributed by atoms with E-state index in [9.17, 15) is 14.0 Å². The SMILES string of the molecule is CC(CO)CNC(=O)CCN1C(=O)CCc2cc(F)ccc21. The second-order valence-corrected chi connectivity index (χ2v) is 5.66. The van der Waals surface area contributed by atoms with Gasteiger partial charge < -0.3 is 15.3 Å². The molecule has 0 bridgehead atoms. The molecule has 1 aromatic carbocycles. The highest BCUT2D eigenvalue weighted by Crippen LogP contribution is 2.28. The van der Waals surface area contributed by atoms with Crippen LogP contribution in [0.5, 0.6) is 0 Å². The van der Waals surface area contributed by atoms with Gasteiger partial charge in [0.2, 0.25) is 11.8 Å². The summed E-state index contributed by atoms with van der Waals surface area (Å²) in [6.45, 7) is 2.53. The maximum Gasteiger partial charge on any atom is 0.227 e. The monoisotopic (exact) mass is 308 g/mol. The number of fused-ring (bicyclic) bond motifs is 1. The first-order valence-electron chi connectivity index (χ1n) is 7.47. The van der Waals surface area contributed by atoms with Crippen LogP contribution < -0.4 is 10.2 Å². The van der Waals surface area contributed by atoms with Gasteiger partial charge in [-0.1, -0.05) is 6.92 Å². The lowest BCUT2D eigenvalue weighted by molar-refractivity contribution is -0.121. The molecule has 0 saturated heterocycles. The molecule has 0 aromatic heterocycles. The molecule has 2 amide bonds. The number of carbonyl (C=O) groups excluding carboxylic acids is 2. The first-order chi connectivity index (χ1) is 10.5. The highest BCUT2D eigenvalue weighted by Gasteiger charge is 2.24. The number of hydrogen-bond donors (Lipinski definition) is 2. The van der Waals surface area contributed by atoms with E-state index in [2.05, 4.69) is 5.32 Å². The highest BCUT2D eigenvalue weighted by molar-refractivity contribution is 5.97. The minimum atomic E-state index is -0.316. The van der Waals surface area contributed by atoms with Crippen molar-refractivity contribution < 1.29 is 19.1 Å². The number of rotatable bonds is 6. The number of aryl methyl sites for hydroxylation is 1. The van der Waals surface area contributed by atoms with Gasteiger partial charge in [-0.15, -0.1) is 0 Å². The maximum absolute atomic E-state index is 13.3. The molecule has 6 heteroatoms. The average Bonchev–Trinajstić information content (AvgIpc) is 2.51. The van der Waals surface area contributed by atoms with E-state index in [1.165, 1.54) is 12.1 Å². The predicted octanol–water partition coefficient (Wildman–Crippen LogP) is 1.24. The van der Waals surface area contributed by atoms with Crippen molar-refractivity contribution in [3.63, 3.8) is 0 Å². The summed E-state index contributed by atoms with van der Waals surface area (Å²) < 4.78 is 13.3. The predicted molar refractivity (Wildman–Crippen MR) is 81.0 cm³/mol. The van der Waals surface area contributed by atoms with Crippen LogP contribution in [0, 0.1) is 11.7 Å². The Hall–Kier alpha value is -1.95. The zero-order valence-corrected chi connectivity index (χ0v) is 12.6. The maximum atomic E-state index is 13.3. The number of aliphatic hydroxyl groups is 1. The third kappa shape index (κ3) is 4.04. The summed E-state index contributed by atoms with van der Waals surface area (Å²) in [4.78, 5) is 25.4. The summed E-state index contributed by atoms with van der Waals surface area (Å²) in [5, 5.41) is 11.6. The standard InChI is InChI=1S/C16H21FN2O3/c1-11(10-20)9-18-15(21)6-7-19-14-4-3-13(17)8-12(14)2-5-16(19)22/h3-4,8,11,20H,2,5-7,9-10H2,1H3,(H,18,21). The van der Waals surface area contributed by atoms with E-state index in [4.69, 9.17) is 5.11 Å². The van der Waals surface area contributed by atoms with Gasteiger partial charge in [0.1, 0.15) is 5.82 Å². The van der Waals surface area contributed by atoms with Gasteiger partial charge in [-0.25, -0.2) is 4.39 Å². The Morgan fingerprint density at radius 1 is 1.45 bits per heavy atom. The summed E-state index contributed by atoms with van der Waals surface area (Å²) in [5.74, 6) is -0.522. The number of nitrogens with one attached hydrogen (secondary N) is 1. The Bertz CT molecular complexity index is 562. The molecule has 0 spiro atoms. The number of anilines is 1. The molecule has 0 saturated carbocycles. The minimum absolute atomic E-state index is 0.00395. The first kappa shape index (κ1) is 16.4. The van der Waals surface area contributed by atoms with Gasteiger partial charge in [-0.05, 0) is 36.1 Å². The van der Waals surface area contributed by atoms with Crippen LogP contribution in [0.25, 0.3) is 0 Å². The zero-order valence-electron chi connectivity index (χ0n) is 12.6. The number of carbonyl (C=O) groups is 2.